The molecule has 1 atom stereocenters. The minimum Gasteiger partial charge on any atom is -0.391 e. The van der Waals surface area contributed by atoms with Gasteiger partial charge in [-0.3, -0.25) is 0 Å². The van der Waals surface area contributed by atoms with Crippen LogP contribution in [-0.4, -0.2) is 28.8 Å². The van der Waals surface area contributed by atoms with Gasteiger partial charge in [-0.1, -0.05) is 32.9 Å². The molecule has 1 heterocycles. The molecule has 0 fully saturated rings. The van der Waals surface area contributed by atoms with Gasteiger partial charge in [-0.2, -0.15) is 0 Å². The fourth-order valence-corrected chi connectivity index (χ4v) is 2.40. The zero-order chi connectivity index (χ0) is 16.2. The highest BCUT2D eigenvalue weighted by Crippen LogP contribution is 2.24. The molecular weight excluding hydrogens is 298 g/mol. The third-order valence-corrected chi connectivity index (χ3v) is 4.08. The van der Waals surface area contributed by atoms with Gasteiger partial charge in [0.2, 0.25) is 0 Å². The molecule has 2 rings (SSSR count). The van der Waals surface area contributed by atoms with E-state index in [2.05, 4.69) is 15.6 Å². The second-order valence-electron chi connectivity index (χ2n) is 6.13. The Bertz CT molecular complexity index is 621. The highest BCUT2D eigenvalue weighted by molar-refractivity contribution is 7.13. The molecule has 118 valence electrons. The number of aromatic nitrogens is 1. The first-order chi connectivity index (χ1) is 10.4. The number of anilines is 1. The second kappa shape index (κ2) is 6.89. The van der Waals surface area contributed by atoms with E-state index in [4.69, 9.17) is 0 Å². The number of carbonyl (C=O) groups excluding carboxylic acids is 1. The van der Waals surface area contributed by atoms with Crippen molar-refractivity contribution in [2.45, 2.75) is 26.9 Å². The molecule has 0 aliphatic rings. The standard InChI is InChI=1S/C16H21N3O2S/c1-16(2,3)13(20)10-18-15(21)19-12-6-4-5-11(9-12)14-17-7-8-22-14/h4-9,13,20H,10H2,1-3H3,(H2,18,19,21). The van der Waals surface area contributed by atoms with Crippen molar-refractivity contribution >= 4 is 23.1 Å². The number of rotatable bonds is 4. The fourth-order valence-electron chi connectivity index (χ4n) is 1.77. The Labute approximate surface area is 134 Å². The minimum atomic E-state index is -0.597. The van der Waals surface area contributed by atoms with E-state index in [1.165, 1.54) is 0 Å². The molecule has 6 heteroatoms. The lowest BCUT2D eigenvalue weighted by Crippen LogP contribution is -2.40. The van der Waals surface area contributed by atoms with Crippen LogP contribution >= 0.6 is 11.3 Å². The van der Waals surface area contributed by atoms with E-state index in [0.29, 0.717) is 5.69 Å². The SMILES string of the molecule is CC(C)(C)C(O)CNC(=O)Nc1cccc(-c2nccs2)c1. The molecule has 3 N–H and O–H groups in total. The Hall–Kier alpha value is -1.92. The van der Waals surface area contributed by atoms with Gasteiger partial charge < -0.3 is 15.7 Å². The number of hydrogen-bond donors (Lipinski definition) is 3. The summed E-state index contributed by atoms with van der Waals surface area (Å²) in [6.07, 6.45) is 1.15. The largest absolute Gasteiger partial charge is 0.391 e. The molecule has 2 amide bonds. The van der Waals surface area contributed by atoms with E-state index >= 15 is 0 Å². The van der Waals surface area contributed by atoms with Gasteiger partial charge in [0.25, 0.3) is 0 Å². The number of urea groups is 1. The molecule has 22 heavy (non-hydrogen) atoms. The molecule has 5 nitrogen and oxygen atoms in total. The van der Waals surface area contributed by atoms with Gasteiger partial charge in [-0.25, -0.2) is 9.78 Å². The topological polar surface area (TPSA) is 74.2 Å². The van der Waals surface area contributed by atoms with Crippen LogP contribution in [0.25, 0.3) is 10.6 Å². The highest BCUT2D eigenvalue weighted by Gasteiger charge is 2.22. The van der Waals surface area contributed by atoms with Crippen molar-refractivity contribution in [3.63, 3.8) is 0 Å². The van der Waals surface area contributed by atoms with Crippen molar-refractivity contribution in [1.29, 1.82) is 0 Å². The molecule has 1 aromatic carbocycles. The first kappa shape index (κ1) is 16.5. The van der Waals surface area contributed by atoms with Crippen molar-refractivity contribution in [3.8, 4) is 10.6 Å². The quantitative estimate of drug-likeness (QED) is 0.809. The number of benzene rings is 1. The lowest BCUT2D eigenvalue weighted by Gasteiger charge is -2.25. The molecular formula is C16H21N3O2S. The maximum atomic E-state index is 11.9. The molecule has 0 bridgehead atoms. The number of thiazole rings is 1. The van der Waals surface area contributed by atoms with Gasteiger partial charge in [0.15, 0.2) is 0 Å². The van der Waals surface area contributed by atoms with Crippen LogP contribution in [0.3, 0.4) is 0 Å². The lowest BCUT2D eigenvalue weighted by molar-refractivity contribution is 0.0654. The van der Waals surface area contributed by atoms with Crippen LogP contribution in [0, 0.1) is 5.41 Å². The minimum absolute atomic E-state index is 0.210. The summed E-state index contributed by atoms with van der Waals surface area (Å²) in [6, 6.07) is 7.18. The van der Waals surface area contributed by atoms with Gasteiger partial charge in [-0.15, -0.1) is 11.3 Å². The van der Waals surface area contributed by atoms with Crippen molar-refractivity contribution < 1.29 is 9.90 Å². The maximum Gasteiger partial charge on any atom is 0.319 e. The summed E-state index contributed by atoms with van der Waals surface area (Å²) in [7, 11) is 0. The number of aliphatic hydroxyl groups excluding tert-OH is 1. The summed E-state index contributed by atoms with van der Waals surface area (Å²) in [6.45, 7) is 5.99. The zero-order valence-corrected chi connectivity index (χ0v) is 13.8. The molecule has 0 saturated carbocycles. The Kier molecular flexibility index (Phi) is 5.15. The summed E-state index contributed by atoms with van der Waals surface area (Å²) in [5.41, 5.74) is 1.39. The first-order valence-electron chi connectivity index (χ1n) is 7.09. The number of nitrogens with one attached hydrogen (secondary N) is 2. The number of aliphatic hydroxyl groups is 1. The van der Waals surface area contributed by atoms with Crippen LogP contribution in [0.2, 0.25) is 0 Å². The van der Waals surface area contributed by atoms with Crippen LogP contribution in [0.1, 0.15) is 20.8 Å². The Morgan fingerprint density at radius 1 is 1.41 bits per heavy atom. The average Bonchev–Trinajstić information content (AvgIpc) is 2.98. The third-order valence-electron chi connectivity index (χ3n) is 3.26. The maximum absolute atomic E-state index is 11.9. The van der Waals surface area contributed by atoms with E-state index in [9.17, 15) is 9.90 Å². The predicted octanol–water partition coefficient (Wildman–Crippen LogP) is 3.34. The zero-order valence-electron chi connectivity index (χ0n) is 13.0. The van der Waals surface area contributed by atoms with Gasteiger partial charge in [0, 0.05) is 29.4 Å². The molecule has 0 aliphatic carbocycles. The van der Waals surface area contributed by atoms with Crippen LogP contribution in [0.15, 0.2) is 35.8 Å². The van der Waals surface area contributed by atoms with E-state index < -0.39 is 6.10 Å². The molecule has 2 aromatic rings. The summed E-state index contributed by atoms with van der Waals surface area (Å²) in [5, 5.41) is 18.2. The molecule has 0 saturated heterocycles. The van der Waals surface area contributed by atoms with Crippen LogP contribution in [0.4, 0.5) is 10.5 Å². The molecule has 0 spiro atoms. The van der Waals surface area contributed by atoms with Crippen LogP contribution in [-0.2, 0) is 0 Å². The van der Waals surface area contributed by atoms with Gasteiger partial charge >= 0.3 is 6.03 Å². The smallest absolute Gasteiger partial charge is 0.319 e. The number of hydrogen-bond acceptors (Lipinski definition) is 4. The van der Waals surface area contributed by atoms with Crippen LogP contribution in [0.5, 0.6) is 0 Å². The lowest BCUT2D eigenvalue weighted by atomic mass is 9.89. The molecule has 0 radical (unpaired) electrons. The highest BCUT2D eigenvalue weighted by atomic mass is 32.1. The number of amides is 2. The van der Waals surface area contributed by atoms with Crippen molar-refractivity contribution in [3.05, 3.63) is 35.8 Å². The summed E-state index contributed by atoms with van der Waals surface area (Å²) < 4.78 is 0. The summed E-state index contributed by atoms with van der Waals surface area (Å²) in [4.78, 5) is 16.1. The number of carbonyl (C=O) groups is 1. The van der Waals surface area contributed by atoms with Crippen molar-refractivity contribution in [2.24, 2.45) is 5.41 Å². The fraction of sp³-hybridized carbons (Fsp3) is 0.375. The van der Waals surface area contributed by atoms with Crippen LogP contribution < -0.4 is 10.6 Å². The van der Waals surface area contributed by atoms with E-state index in [-0.39, 0.29) is 18.0 Å². The summed E-state index contributed by atoms with van der Waals surface area (Å²) >= 11 is 1.55. The average molecular weight is 319 g/mol. The second-order valence-corrected chi connectivity index (χ2v) is 7.03. The normalized spacial score (nSPS) is 12.7. The Balaban J connectivity index is 1.94. The predicted molar refractivity (Wildman–Crippen MR) is 90.0 cm³/mol. The molecule has 1 unspecified atom stereocenters. The van der Waals surface area contributed by atoms with E-state index in [0.717, 1.165) is 10.6 Å². The monoisotopic (exact) mass is 319 g/mol. The number of nitrogens with zero attached hydrogens (tertiary/aromatic N) is 1. The third kappa shape index (κ3) is 4.54. The molecule has 1 aromatic heterocycles. The van der Waals surface area contributed by atoms with E-state index in [1.807, 2.05) is 50.4 Å². The van der Waals surface area contributed by atoms with E-state index in [1.54, 1.807) is 17.5 Å². The van der Waals surface area contributed by atoms with Gasteiger partial charge in [-0.05, 0) is 17.5 Å². The Morgan fingerprint density at radius 3 is 2.82 bits per heavy atom. The van der Waals surface area contributed by atoms with Crippen molar-refractivity contribution in [2.75, 3.05) is 11.9 Å². The van der Waals surface area contributed by atoms with Crippen molar-refractivity contribution in [1.82, 2.24) is 10.3 Å². The Morgan fingerprint density at radius 2 is 2.18 bits per heavy atom. The van der Waals surface area contributed by atoms with Gasteiger partial charge in [0.05, 0.1) is 6.10 Å². The summed E-state index contributed by atoms with van der Waals surface area (Å²) in [5.74, 6) is 0. The first-order valence-corrected chi connectivity index (χ1v) is 7.97. The van der Waals surface area contributed by atoms with Gasteiger partial charge in [0.1, 0.15) is 5.01 Å². The molecule has 0 aliphatic heterocycles.